The average molecular weight is 292 g/mol. The van der Waals surface area contributed by atoms with Crippen molar-refractivity contribution in [3.8, 4) is 23.0 Å². The average Bonchev–Trinajstić information content (AvgIpc) is 2.52. The van der Waals surface area contributed by atoms with Gasteiger partial charge in [0, 0.05) is 17.3 Å². The van der Waals surface area contributed by atoms with Crippen LogP contribution in [0.5, 0.6) is 11.6 Å². The highest BCUT2D eigenvalue weighted by atomic mass is 16.5. The quantitative estimate of drug-likeness (QED) is 0.741. The molecule has 22 heavy (non-hydrogen) atoms. The number of benzene rings is 2. The van der Waals surface area contributed by atoms with E-state index in [4.69, 9.17) is 4.74 Å². The molecule has 0 amide bonds. The maximum Gasteiger partial charge on any atom is 0.217 e. The summed E-state index contributed by atoms with van der Waals surface area (Å²) in [5, 5.41) is 11.5. The first-order chi connectivity index (χ1) is 10.7. The van der Waals surface area contributed by atoms with Crippen molar-refractivity contribution in [2.75, 3.05) is 6.61 Å². The van der Waals surface area contributed by atoms with E-state index in [0.717, 1.165) is 22.0 Å². The molecular formula is C18H16N2O2. The molecule has 0 atom stereocenters. The van der Waals surface area contributed by atoms with Gasteiger partial charge in [0.05, 0.1) is 0 Å². The largest absolute Gasteiger partial charge is 0.508 e. The van der Waals surface area contributed by atoms with Crippen LogP contribution in [-0.2, 0) is 0 Å². The van der Waals surface area contributed by atoms with E-state index in [-0.39, 0.29) is 5.75 Å². The Morgan fingerprint density at radius 2 is 1.86 bits per heavy atom. The van der Waals surface area contributed by atoms with Crippen LogP contribution in [0.25, 0.3) is 22.2 Å². The lowest BCUT2D eigenvalue weighted by Gasteiger charge is -2.07. The summed E-state index contributed by atoms with van der Waals surface area (Å²) in [5.74, 6) is 1.41. The van der Waals surface area contributed by atoms with E-state index in [9.17, 15) is 5.11 Å². The van der Waals surface area contributed by atoms with Crippen LogP contribution in [0.2, 0.25) is 0 Å². The van der Waals surface area contributed by atoms with Crippen molar-refractivity contribution in [1.82, 2.24) is 9.97 Å². The number of ether oxygens (including phenoxy) is 1. The second-order valence-electron chi connectivity index (χ2n) is 5.02. The summed E-state index contributed by atoms with van der Waals surface area (Å²) >= 11 is 0. The van der Waals surface area contributed by atoms with Crippen molar-refractivity contribution in [1.29, 1.82) is 0 Å². The SMILES string of the molecule is C=CCOc1cc(C)nc(-c2ccc3cc(O)ccc3c2)n1. The zero-order chi connectivity index (χ0) is 15.5. The van der Waals surface area contributed by atoms with E-state index in [1.54, 1.807) is 24.3 Å². The fourth-order valence-electron chi connectivity index (χ4n) is 2.26. The number of aromatic nitrogens is 2. The molecule has 0 saturated heterocycles. The molecule has 0 spiro atoms. The molecule has 4 heteroatoms. The summed E-state index contributed by atoms with van der Waals surface area (Å²) in [6.45, 7) is 5.95. The van der Waals surface area contributed by atoms with Gasteiger partial charge in [-0.25, -0.2) is 4.98 Å². The molecule has 1 aromatic heterocycles. The Bertz CT molecular complexity index is 844. The molecule has 0 unspecified atom stereocenters. The lowest BCUT2D eigenvalue weighted by Crippen LogP contribution is -1.99. The van der Waals surface area contributed by atoms with E-state index >= 15 is 0 Å². The topological polar surface area (TPSA) is 55.2 Å². The third kappa shape index (κ3) is 2.91. The molecule has 0 saturated carbocycles. The van der Waals surface area contributed by atoms with Gasteiger partial charge < -0.3 is 9.84 Å². The molecule has 110 valence electrons. The number of aryl methyl sites for hydroxylation is 1. The second kappa shape index (κ2) is 5.85. The molecule has 3 rings (SSSR count). The van der Waals surface area contributed by atoms with Gasteiger partial charge in [-0.15, -0.1) is 0 Å². The van der Waals surface area contributed by atoms with Gasteiger partial charge in [-0.3, -0.25) is 0 Å². The lowest BCUT2D eigenvalue weighted by molar-refractivity contribution is 0.348. The van der Waals surface area contributed by atoms with Crippen LogP contribution < -0.4 is 4.74 Å². The normalized spacial score (nSPS) is 10.6. The number of hydrogen-bond donors (Lipinski definition) is 1. The van der Waals surface area contributed by atoms with Crippen LogP contribution in [0.1, 0.15) is 5.69 Å². The Balaban J connectivity index is 2.04. The van der Waals surface area contributed by atoms with Gasteiger partial charge in [0.15, 0.2) is 5.82 Å². The predicted molar refractivity (Wildman–Crippen MR) is 87.1 cm³/mol. The smallest absolute Gasteiger partial charge is 0.217 e. The van der Waals surface area contributed by atoms with Crippen LogP contribution in [0.4, 0.5) is 0 Å². The summed E-state index contributed by atoms with van der Waals surface area (Å²) in [7, 11) is 0. The van der Waals surface area contributed by atoms with Crippen LogP contribution in [0, 0.1) is 6.92 Å². The number of phenolic OH excluding ortho intramolecular Hbond substituents is 1. The van der Waals surface area contributed by atoms with Crippen molar-refractivity contribution in [2.24, 2.45) is 0 Å². The Morgan fingerprint density at radius 3 is 2.68 bits per heavy atom. The van der Waals surface area contributed by atoms with Crippen LogP contribution in [-0.4, -0.2) is 21.7 Å². The fourth-order valence-corrected chi connectivity index (χ4v) is 2.26. The molecule has 0 aliphatic rings. The third-order valence-corrected chi connectivity index (χ3v) is 3.26. The molecule has 0 bridgehead atoms. The molecule has 1 N–H and O–H groups in total. The molecule has 0 fully saturated rings. The van der Waals surface area contributed by atoms with Gasteiger partial charge in [-0.05, 0) is 35.9 Å². The summed E-state index contributed by atoms with van der Waals surface area (Å²) < 4.78 is 5.50. The van der Waals surface area contributed by atoms with Gasteiger partial charge in [0.1, 0.15) is 12.4 Å². The van der Waals surface area contributed by atoms with E-state index in [1.165, 1.54) is 0 Å². The van der Waals surface area contributed by atoms with Crippen LogP contribution in [0.15, 0.2) is 55.1 Å². The molecule has 3 aromatic rings. The summed E-state index contributed by atoms with van der Waals surface area (Å²) in [6.07, 6.45) is 1.68. The van der Waals surface area contributed by atoms with Crippen molar-refractivity contribution in [3.63, 3.8) is 0 Å². The first-order valence-electron chi connectivity index (χ1n) is 6.98. The molecular weight excluding hydrogens is 276 g/mol. The van der Waals surface area contributed by atoms with Crippen molar-refractivity contribution < 1.29 is 9.84 Å². The Hall–Kier alpha value is -2.88. The van der Waals surface area contributed by atoms with Crippen molar-refractivity contribution in [2.45, 2.75) is 6.92 Å². The number of phenols is 1. The second-order valence-corrected chi connectivity index (χ2v) is 5.02. The first-order valence-corrected chi connectivity index (χ1v) is 6.98. The number of nitrogens with zero attached hydrogens (tertiary/aromatic N) is 2. The molecule has 0 aliphatic heterocycles. The Kier molecular flexibility index (Phi) is 3.74. The number of hydrogen-bond acceptors (Lipinski definition) is 4. The fraction of sp³-hybridized carbons (Fsp3) is 0.111. The minimum atomic E-state index is 0.257. The zero-order valence-electron chi connectivity index (χ0n) is 12.3. The Labute approximate surface area is 128 Å². The van der Waals surface area contributed by atoms with Gasteiger partial charge in [-0.1, -0.05) is 30.9 Å². The highest BCUT2D eigenvalue weighted by Gasteiger charge is 2.07. The summed E-state index contributed by atoms with van der Waals surface area (Å²) in [4.78, 5) is 8.91. The number of rotatable bonds is 4. The highest BCUT2D eigenvalue weighted by Crippen LogP contribution is 2.26. The van der Waals surface area contributed by atoms with Crippen molar-refractivity contribution >= 4 is 10.8 Å². The third-order valence-electron chi connectivity index (χ3n) is 3.26. The first kappa shape index (κ1) is 14.1. The maximum atomic E-state index is 9.52. The maximum absolute atomic E-state index is 9.52. The zero-order valence-corrected chi connectivity index (χ0v) is 12.3. The van der Waals surface area contributed by atoms with Gasteiger partial charge in [0.2, 0.25) is 5.88 Å². The minimum absolute atomic E-state index is 0.257. The number of fused-ring (bicyclic) bond motifs is 1. The summed E-state index contributed by atoms with van der Waals surface area (Å²) in [6, 6.07) is 13.0. The standard InChI is InChI=1S/C18H16N2O2/c1-3-8-22-17-9-12(2)19-18(20-17)15-5-4-14-11-16(21)7-6-13(14)10-15/h3-7,9-11,21H,1,8H2,2H3. The highest BCUT2D eigenvalue weighted by molar-refractivity contribution is 5.87. The molecule has 0 aliphatic carbocycles. The van der Waals surface area contributed by atoms with Crippen LogP contribution in [0.3, 0.4) is 0 Å². The monoisotopic (exact) mass is 292 g/mol. The Morgan fingerprint density at radius 1 is 1.09 bits per heavy atom. The van der Waals surface area contributed by atoms with E-state index in [2.05, 4.69) is 16.5 Å². The van der Waals surface area contributed by atoms with E-state index in [1.807, 2.05) is 31.2 Å². The van der Waals surface area contributed by atoms with Gasteiger partial charge >= 0.3 is 0 Å². The van der Waals surface area contributed by atoms with Gasteiger partial charge in [0.25, 0.3) is 0 Å². The van der Waals surface area contributed by atoms with E-state index < -0.39 is 0 Å². The molecule has 1 heterocycles. The minimum Gasteiger partial charge on any atom is -0.508 e. The van der Waals surface area contributed by atoms with Crippen LogP contribution >= 0.6 is 0 Å². The molecule has 4 nitrogen and oxygen atoms in total. The van der Waals surface area contributed by atoms with E-state index in [0.29, 0.717) is 18.3 Å². The molecule has 0 radical (unpaired) electrons. The van der Waals surface area contributed by atoms with Crippen molar-refractivity contribution in [3.05, 3.63) is 60.8 Å². The predicted octanol–water partition coefficient (Wildman–Crippen LogP) is 3.88. The lowest BCUT2D eigenvalue weighted by atomic mass is 10.1. The number of aromatic hydroxyl groups is 1. The molecule has 2 aromatic carbocycles. The summed E-state index contributed by atoms with van der Waals surface area (Å²) in [5.41, 5.74) is 1.75. The van der Waals surface area contributed by atoms with Gasteiger partial charge in [-0.2, -0.15) is 4.98 Å².